The van der Waals surface area contributed by atoms with Gasteiger partial charge in [0.15, 0.2) is 5.82 Å². The molecule has 1 aromatic heterocycles. The van der Waals surface area contributed by atoms with Crippen LogP contribution in [0, 0.1) is 5.92 Å². The predicted molar refractivity (Wildman–Crippen MR) is 84.1 cm³/mol. The molecular weight excluding hydrogens is 286 g/mol. The zero-order valence-electron chi connectivity index (χ0n) is 12.2. The Morgan fingerprint density at radius 3 is 2.71 bits per heavy atom. The molecule has 0 amide bonds. The Hall–Kier alpha value is -1.55. The van der Waals surface area contributed by atoms with Gasteiger partial charge in [0.2, 0.25) is 0 Å². The molecule has 0 radical (unpaired) electrons. The molecule has 1 aliphatic rings. The van der Waals surface area contributed by atoms with Crippen molar-refractivity contribution in [2.45, 2.75) is 44.9 Å². The van der Waals surface area contributed by atoms with E-state index in [1.165, 1.54) is 19.3 Å². The fraction of sp³-hybridized carbons (Fsp3) is 0.500. The Bertz CT molecular complexity index is 618. The molecule has 1 saturated carbocycles. The third-order valence-corrected chi connectivity index (χ3v) is 4.77. The van der Waals surface area contributed by atoms with Gasteiger partial charge >= 0.3 is 0 Å². The molecule has 3 rings (SSSR count). The smallest absolute Gasteiger partial charge is 0.259 e. The first kappa shape index (κ1) is 14.4. The lowest BCUT2D eigenvalue weighted by Crippen LogP contribution is -2.13. The molecule has 0 atom stereocenters. The molecule has 1 heterocycles. The molecule has 1 fully saturated rings. The van der Waals surface area contributed by atoms with Crippen LogP contribution in [0.5, 0.6) is 0 Å². The molecule has 4 nitrogen and oxygen atoms in total. The molecule has 0 spiro atoms. The van der Waals surface area contributed by atoms with E-state index in [9.17, 15) is 0 Å². The Balaban J connectivity index is 1.77. The van der Waals surface area contributed by atoms with E-state index < -0.39 is 0 Å². The number of nitrogen functional groups attached to an aromatic ring is 1. The minimum atomic E-state index is 0.415. The summed E-state index contributed by atoms with van der Waals surface area (Å²) < 4.78 is 5.39. The molecule has 112 valence electrons. The van der Waals surface area contributed by atoms with Gasteiger partial charge in [-0.15, -0.1) is 0 Å². The number of hydrogen-bond acceptors (Lipinski definition) is 4. The average Bonchev–Trinajstić information content (AvgIpc) is 2.97. The van der Waals surface area contributed by atoms with Crippen LogP contribution in [-0.4, -0.2) is 10.1 Å². The molecule has 1 aromatic carbocycles. The largest absolute Gasteiger partial charge is 0.399 e. The summed E-state index contributed by atoms with van der Waals surface area (Å²) in [6.07, 6.45) is 6.08. The summed E-state index contributed by atoms with van der Waals surface area (Å²) >= 11 is 6.19. The van der Waals surface area contributed by atoms with Gasteiger partial charge in [0.05, 0.1) is 10.6 Å². The van der Waals surface area contributed by atoms with Crippen molar-refractivity contribution in [1.29, 1.82) is 0 Å². The molecule has 0 saturated heterocycles. The Morgan fingerprint density at radius 2 is 2.05 bits per heavy atom. The molecule has 21 heavy (non-hydrogen) atoms. The SMILES string of the molecule is CCC1CCC(c2noc(-c3ccc(N)cc3Cl)n2)CC1. The molecule has 5 heteroatoms. The van der Waals surface area contributed by atoms with E-state index in [0.29, 0.717) is 22.5 Å². The van der Waals surface area contributed by atoms with Gasteiger partial charge < -0.3 is 10.3 Å². The normalized spacial score (nSPS) is 22.4. The monoisotopic (exact) mass is 305 g/mol. The predicted octanol–water partition coefficient (Wildman–Crippen LogP) is 4.66. The first-order chi connectivity index (χ1) is 10.2. The highest BCUT2D eigenvalue weighted by Gasteiger charge is 2.25. The van der Waals surface area contributed by atoms with Crippen molar-refractivity contribution in [3.05, 3.63) is 29.0 Å². The van der Waals surface area contributed by atoms with Gasteiger partial charge in [-0.2, -0.15) is 4.98 Å². The number of anilines is 1. The third-order valence-electron chi connectivity index (χ3n) is 4.45. The van der Waals surface area contributed by atoms with Gasteiger partial charge in [-0.25, -0.2) is 0 Å². The van der Waals surface area contributed by atoms with Crippen molar-refractivity contribution >= 4 is 17.3 Å². The van der Waals surface area contributed by atoms with Crippen LogP contribution in [0.3, 0.4) is 0 Å². The Labute approximate surface area is 129 Å². The summed E-state index contributed by atoms with van der Waals surface area (Å²) in [5.41, 5.74) is 7.07. The van der Waals surface area contributed by atoms with Crippen LogP contribution in [0.2, 0.25) is 5.02 Å². The van der Waals surface area contributed by atoms with Crippen molar-refractivity contribution in [2.24, 2.45) is 5.92 Å². The van der Waals surface area contributed by atoms with Gasteiger partial charge in [-0.3, -0.25) is 0 Å². The fourth-order valence-corrected chi connectivity index (χ4v) is 3.31. The van der Waals surface area contributed by atoms with Crippen LogP contribution in [0.25, 0.3) is 11.5 Å². The van der Waals surface area contributed by atoms with Crippen LogP contribution in [0.4, 0.5) is 5.69 Å². The van der Waals surface area contributed by atoms with Gasteiger partial charge in [0.1, 0.15) is 0 Å². The lowest BCUT2D eigenvalue weighted by Gasteiger charge is -2.25. The van der Waals surface area contributed by atoms with Gasteiger partial charge in [0.25, 0.3) is 5.89 Å². The lowest BCUT2D eigenvalue weighted by molar-refractivity contribution is 0.305. The first-order valence-corrected chi connectivity index (χ1v) is 7.94. The van der Waals surface area contributed by atoms with Crippen molar-refractivity contribution in [3.8, 4) is 11.5 Å². The van der Waals surface area contributed by atoms with E-state index >= 15 is 0 Å². The van der Waals surface area contributed by atoms with Crippen molar-refractivity contribution in [3.63, 3.8) is 0 Å². The van der Waals surface area contributed by atoms with Gasteiger partial charge in [0, 0.05) is 11.6 Å². The molecule has 0 unspecified atom stereocenters. The van der Waals surface area contributed by atoms with Crippen LogP contribution in [0.15, 0.2) is 22.7 Å². The van der Waals surface area contributed by atoms with E-state index in [0.717, 1.165) is 30.1 Å². The van der Waals surface area contributed by atoms with E-state index in [1.807, 2.05) is 6.07 Å². The van der Waals surface area contributed by atoms with E-state index in [4.69, 9.17) is 21.9 Å². The van der Waals surface area contributed by atoms with E-state index in [1.54, 1.807) is 12.1 Å². The number of halogens is 1. The highest BCUT2D eigenvalue weighted by molar-refractivity contribution is 6.33. The number of aromatic nitrogens is 2. The van der Waals surface area contributed by atoms with Crippen LogP contribution in [-0.2, 0) is 0 Å². The number of hydrogen-bond donors (Lipinski definition) is 1. The summed E-state index contributed by atoms with van der Waals surface area (Å²) in [4.78, 5) is 4.54. The summed E-state index contributed by atoms with van der Waals surface area (Å²) in [6, 6.07) is 5.31. The average molecular weight is 306 g/mol. The summed E-state index contributed by atoms with van der Waals surface area (Å²) in [7, 11) is 0. The van der Waals surface area contributed by atoms with E-state index in [-0.39, 0.29) is 0 Å². The maximum atomic E-state index is 6.19. The quantitative estimate of drug-likeness (QED) is 0.838. The molecular formula is C16H20ClN3O. The molecule has 2 aromatic rings. The summed E-state index contributed by atoms with van der Waals surface area (Å²) in [5.74, 6) is 2.57. The highest BCUT2D eigenvalue weighted by atomic mass is 35.5. The zero-order valence-corrected chi connectivity index (χ0v) is 12.9. The van der Waals surface area contributed by atoms with Gasteiger partial charge in [-0.1, -0.05) is 30.1 Å². The lowest BCUT2D eigenvalue weighted by atomic mass is 9.80. The molecule has 0 aliphatic heterocycles. The number of benzene rings is 1. The topological polar surface area (TPSA) is 64.9 Å². The minimum Gasteiger partial charge on any atom is -0.399 e. The molecule has 0 bridgehead atoms. The second-order valence-electron chi connectivity index (χ2n) is 5.82. The van der Waals surface area contributed by atoms with Crippen molar-refractivity contribution < 1.29 is 4.52 Å². The summed E-state index contributed by atoms with van der Waals surface area (Å²) in [5, 5.41) is 4.70. The maximum Gasteiger partial charge on any atom is 0.259 e. The highest BCUT2D eigenvalue weighted by Crippen LogP contribution is 2.37. The Kier molecular flexibility index (Phi) is 4.15. The molecule has 2 N–H and O–H groups in total. The minimum absolute atomic E-state index is 0.415. The summed E-state index contributed by atoms with van der Waals surface area (Å²) in [6.45, 7) is 2.26. The van der Waals surface area contributed by atoms with Crippen LogP contribution >= 0.6 is 11.6 Å². The second-order valence-corrected chi connectivity index (χ2v) is 6.23. The van der Waals surface area contributed by atoms with Crippen LogP contribution < -0.4 is 5.73 Å². The molecule has 1 aliphatic carbocycles. The number of rotatable bonds is 3. The fourth-order valence-electron chi connectivity index (χ4n) is 3.04. The maximum absolute atomic E-state index is 6.19. The first-order valence-electron chi connectivity index (χ1n) is 7.56. The second kappa shape index (κ2) is 6.06. The van der Waals surface area contributed by atoms with Gasteiger partial charge in [-0.05, 0) is 49.8 Å². The van der Waals surface area contributed by atoms with Crippen molar-refractivity contribution in [2.75, 3.05) is 5.73 Å². The standard InChI is InChI=1S/C16H20ClN3O/c1-2-10-3-5-11(6-4-10)15-19-16(21-20-15)13-8-7-12(18)9-14(13)17/h7-11H,2-6,18H2,1H3. The van der Waals surface area contributed by atoms with Crippen LogP contribution in [0.1, 0.15) is 50.8 Å². The van der Waals surface area contributed by atoms with E-state index in [2.05, 4.69) is 17.1 Å². The van der Waals surface area contributed by atoms with Crippen molar-refractivity contribution in [1.82, 2.24) is 10.1 Å². The zero-order chi connectivity index (χ0) is 14.8. The Morgan fingerprint density at radius 1 is 1.29 bits per heavy atom. The third kappa shape index (κ3) is 3.05. The number of nitrogens with zero attached hydrogens (tertiary/aromatic N) is 2. The number of nitrogens with two attached hydrogens (primary N) is 1.